The Morgan fingerprint density at radius 3 is 2.52 bits per heavy atom. The van der Waals surface area contributed by atoms with Gasteiger partial charge in [-0.15, -0.1) is 0 Å². The van der Waals surface area contributed by atoms with E-state index >= 15 is 0 Å². The molecule has 3 heterocycles. The molecule has 4 aromatic rings. The summed E-state index contributed by atoms with van der Waals surface area (Å²) in [6.07, 6.45) is -4.42. The van der Waals surface area contributed by atoms with Crippen molar-refractivity contribution in [3.05, 3.63) is 58.2 Å². The molecule has 170 valence electrons. The quantitative estimate of drug-likeness (QED) is 0.307. The third kappa shape index (κ3) is 4.01. The summed E-state index contributed by atoms with van der Waals surface area (Å²) in [6.45, 7) is 2.33. The Kier molecular flexibility index (Phi) is 5.23. The SMILES string of the molecule is CCn1c(SCc2nc(-c3ccc(C(F)(F)F)cc3)no2)nc2cc3c(cc2c1=O)OCO3. The molecule has 33 heavy (non-hydrogen) atoms. The first-order chi connectivity index (χ1) is 15.8. The van der Waals surface area contributed by atoms with Crippen LogP contribution in [0.2, 0.25) is 0 Å². The van der Waals surface area contributed by atoms with Crippen molar-refractivity contribution in [1.29, 1.82) is 0 Å². The summed E-state index contributed by atoms with van der Waals surface area (Å²) >= 11 is 1.24. The zero-order valence-corrected chi connectivity index (χ0v) is 17.9. The number of ether oxygens (including phenoxy) is 2. The molecule has 1 aliphatic heterocycles. The van der Waals surface area contributed by atoms with Crippen LogP contribution in [-0.2, 0) is 18.5 Å². The van der Waals surface area contributed by atoms with Crippen molar-refractivity contribution in [2.75, 3.05) is 6.79 Å². The van der Waals surface area contributed by atoms with Gasteiger partial charge < -0.3 is 14.0 Å². The molecular formula is C21H15F3N4O4S. The lowest BCUT2D eigenvalue weighted by atomic mass is 10.1. The number of rotatable bonds is 5. The summed E-state index contributed by atoms with van der Waals surface area (Å²) in [5, 5.41) is 4.73. The lowest BCUT2D eigenvalue weighted by molar-refractivity contribution is -0.137. The second kappa shape index (κ2) is 8.10. The Labute approximate surface area is 188 Å². The molecule has 2 aromatic carbocycles. The second-order valence-corrected chi connectivity index (χ2v) is 7.98. The van der Waals surface area contributed by atoms with Gasteiger partial charge in [0, 0.05) is 18.2 Å². The van der Waals surface area contributed by atoms with Gasteiger partial charge in [0.25, 0.3) is 5.56 Å². The molecule has 2 aromatic heterocycles. The fourth-order valence-electron chi connectivity index (χ4n) is 3.35. The monoisotopic (exact) mass is 476 g/mol. The van der Waals surface area contributed by atoms with Crippen LogP contribution < -0.4 is 15.0 Å². The van der Waals surface area contributed by atoms with Crippen molar-refractivity contribution in [1.82, 2.24) is 19.7 Å². The Bertz CT molecular complexity index is 1400. The molecule has 0 saturated heterocycles. The summed E-state index contributed by atoms with van der Waals surface area (Å²) in [7, 11) is 0. The van der Waals surface area contributed by atoms with Crippen LogP contribution in [0.5, 0.6) is 11.5 Å². The molecule has 0 atom stereocenters. The predicted octanol–water partition coefficient (Wildman–Crippen LogP) is 4.51. The normalized spacial score (nSPS) is 13.1. The zero-order valence-electron chi connectivity index (χ0n) is 17.0. The Morgan fingerprint density at radius 2 is 1.82 bits per heavy atom. The molecule has 0 bridgehead atoms. The van der Waals surface area contributed by atoms with Gasteiger partial charge in [-0.05, 0) is 25.1 Å². The van der Waals surface area contributed by atoms with E-state index in [0.717, 1.165) is 12.1 Å². The smallest absolute Gasteiger partial charge is 0.416 e. The molecule has 0 radical (unpaired) electrons. The van der Waals surface area contributed by atoms with Crippen LogP contribution in [0, 0.1) is 0 Å². The van der Waals surface area contributed by atoms with Crippen LogP contribution >= 0.6 is 11.8 Å². The van der Waals surface area contributed by atoms with Gasteiger partial charge in [-0.25, -0.2) is 4.98 Å². The van der Waals surface area contributed by atoms with Gasteiger partial charge in [0.15, 0.2) is 16.7 Å². The minimum absolute atomic E-state index is 0.0909. The first kappa shape index (κ1) is 21.3. The van der Waals surface area contributed by atoms with Gasteiger partial charge in [-0.1, -0.05) is 29.1 Å². The maximum atomic E-state index is 13.0. The number of aromatic nitrogens is 4. The van der Waals surface area contributed by atoms with E-state index in [1.807, 2.05) is 6.92 Å². The van der Waals surface area contributed by atoms with Gasteiger partial charge in [0.2, 0.25) is 18.5 Å². The summed E-state index contributed by atoms with van der Waals surface area (Å²) in [5.74, 6) is 1.67. The lowest BCUT2D eigenvalue weighted by Gasteiger charge is -2.10. The number of hydrogen-bond donors (Lipinski definition) is 0. The highest BCUT2D eigenvalue weighted by atomic mass is 32.2. The summed E-state index contributed by atoms with van der Waals surface area (Å²) in [5.41, 5.74) is -0.0897. The van der Waals surface area contributed by atoms with E-state index in [1.165, 1.54) is 28.5 Å². The molecule has 0 saturated carbocycles. The molecular weight excluding hydrogens is 461 g/mol. The van der Waals surface area contributed by atoms with Gasteiger partial charge >= 0.3 is 6.18 Å². The van der Waals surface area contributed by atoms with Crippen LogP contribution in [0.25, 0.3) is 22.3 Å². The lowest BCUT2D eigenvalue weighted by Crippen LogP contribution is -2.22. The number of hydrogen-bond acceptors (Lipinski definition) is 8. The largest absolute Gasteiger partial charge is 0.454 e. The zero-order chi connectivity index (χ0) is 23.2. The molecule has 8 nitrogen and oxygen atoms in total. The number of fused-ring (bicyclic) bond motifs is 2. The van der Waals surface area contributed by atoms with Crippen LogP contribution in [0.4, 0.5) is 13.2 Å². The number of benzene rings is 2. The van der Waals surface area contributed by atoms with Crippen LogP contribution in [-0.4, -0.2) is 26.5 Å². The van der Waals surface area contributed by atoms with Gasteiger partial charge in [-0.3, -0.25) is 9.36 Å². The molecule has 0 aliphatic carbocycles. The number of thioether (sulfide) groups is 1. The highest BCUT2D eigenvalue weighted by molar-refractivity contribution is 7.98. The van der Waals surface area contributed by atoms with Crippen LogP contribution in [0.1, 0.15) is 18.4 Å². The number of halogens is 3. The van der Waals surface area contributed by atoms with Crippen molar-refractivity contribution in [3.63, 3.8) is 0 Å². The summed E-state index contributed by atoms with van der Waals surface area (Å²) in [4.78, 5) is 21.8. The van der Waals surface area contributed by atoms with Crippen molar-refractivity contribution in [2.24, 2.45) is 0 Å². The van der Waals surface area contributed by atoms with E-state index in [9.17, 15) is 18.0 Å². The summed E-state index contributed by atoms with van der Waals surface area (Å²) in [6, 6.07) is 7.79. The maximum Gasteiger partial charge on any atom is 0.416 e. The molecule has 1 aliphatic rings. The van der Waals surface area contributed by atoms with Gasteiger partial charge in [0.1, 0.15) is 0 Å². The fraction of sp³-hybridized carbons (Fsp3) is 0.238. The Balaban J connectivity index is 1.38. The maximum absolute atomic E-state index is 13.0. The predicted molar refractivity (Wildman–Crippen MR) is 112 cm³/mol. The van der Waals surface area contributed by atoms with Crippen molar-refractivity contribution < 1.29 is 27.2 Å². The molecule has 0 spiro atoms. The third-order valence-corrected chi connectivity index (χ3v) is 5.95. The van der Waals surface area contributed by atoms with Crippen molar-refractivity contribution >= 4 is 22.7 Å². The van der Waals surface area contributed by atoms with E-state index in [0.29, 0.717) is 39.7 Å². The number of alkyl halides is 3. The number of nitrogens with zero attached hydrogens (tertiary/aromatic N) is 4. The molecule has 0 amide bonds. The van der Waals surface area contributed by atoms with Crippen LogP contribution in [0.15, 0.2) is 50.9 Å². The second-order valence-electron chi connectivity index (χ2n) is 7.04. The first-order valence-corrected chi connectivity index (χ1v) is 10.8. The highest BCUT2D eigenvalue weighted by Gasteiger charge is 2.30. The average Bonchev–Trinajstić information content (AvgIpc) is 3.45. The average molecular weight is 476 g/mol. The minimum atomic E-state index is -4.42. The van der Waals surface area contributed by atoms with E-state index < -0.39 is 11.7 Å². The summed E-state index contributed by atoms with van der Waals surface area (Å²) < 4.78 is 55.7. The third-order valence-electron chi connectivity index (χ3n) is 4.99. The molecule has 5 rings (SSSR count). The van der Waals surface area contributed by atoms with E-state index in [2.05, 4.69) is 15.1 Å². The van der Waals surface area contributed by atoms with Crippen molar-refractivity contribution in [2.45, 2.75) is 30.6 Å². The molecule has 12 heteroatoms. The van der Waals surface area contributed by atoms with Crippen molar-refractivity contribution in [3.8, 4) is 22.9 Å². The van der Waals surface area contributed by atoms with Crippen LogP contribution in [0.3, 0.4) is 0 Å². The topological polar surface area (TPSA) is 92.3 Å². The minimum Gasteiger partial charge on any atom is -0.454 e. The Morgan fingerprint density at radius 1 is 1.09 bits per heavy atom. The van der Waals surface area contributed by atoms with Gasteiger partial charge in [0.05, 0.1) is 22.2 Å². The Hall–Kier alpha value is -3.54. The standard InChI is InChI=1S/C21H15F3N4O4S/c1-2-28-19(29)13-7-15-16(31-10-30-15)8-14(13)25-20(28)33-9-17-26-18(27-32-17)11-3-5-12(6-4-11)21(22,23)24/h3-8H,2,9-10H2,1H3. The molecule has 0 unspecified atom stereocenters. The van der Waals surface area contributed by atoms with E-state index in [1.54, 1.807) is 12.1 Å². The molecule has 0 N–H and O–H groups in total. The highest BCUT2D eigenvalue weighted by Crippen LogP contribution is 2.35. The molecule has 0 fully saturated rings. The first-order valence-electron chi connectivity index (χ1n) is 9.80. The van der Waals surface area contributed by atoms with E-state index in [4.69, 9.17) is 14.0 Å². The van der Waals surface area contributed by atoms with Gasteiger partial charge in [-0.2, -0.15) is 18.2 Å². The fourth-order valence-corrected chi connectivity index (χ4v) is 4.25. The van der Waals surface area contributed by atoms with E-state index in [-0.39, 0.29) is 29.8 Å².